The first kappa shape index (κ1) is 27.6. The van der Waals surface area contributed by atoms with Crippen LogP contribution in [-0.2, 0) is 14.4 Å². The Hall–Kier alpha value is -3.63. The predicted molar refractivity (Wildman–Crippen MR) is 109 cm³/mol. The third-order valence-electron chi connectivity index (χ3n) is 5.02. The Morgan fingerprint density at radius 2 is 1.74 bits per heavy atom. The average molecular weight is 508 g/mol. The number of nitrogens with two attached hydrogens (primary N) is 1. The molecule has 0 bridgehead atoms. The molecule has 1 saturated carbocycles. The summed E-state index contributed by atoms with van der Waals surface area (Å²) in [5.74, 6) is -4.46. The summed E-state index contributed by atoms with van der Waals surface area (Å²) in [7, 11) is 0. The minimum absolute atomic E-state index is 0.0221. The van der Waals surface area contributed by atoms with Gasteiger partial charge >= 0.3 is 18.4 Å². The lowest BCUT2D eigenvalue weighted by Crippen LogP contribution is -2.64. The highest BCUT2D eigenvalue weighted by Gasteiger charge is 2.49. The quantitative estimate of drug-likeness (QED) is 0.210. The summed E-state index contributed by atoms with van der Waals surface area (Å²) in [5, 5.41) is 46.3. The molecule has 0 heterocycles. The zero-order valence-corrected chi connectivity index (χ0v) is 17.8. The van der Waals surface area contributed by atoms with Crippen LogP contribution in [-0.4, -0.2) is 80.5 Å². The maximum absolute atomic E-state index is 12.5. The number of ether oxygens (including phenoxy) is 1. The molecule has 1 aliphatic carbocycles. The van der Waals surface area contributed by atoms with Crippen LogP contribution in [0.2, 0.25) is 0 Å². The molecular formula is C19H23F3N4O9. The number of primary amides is 1. The van der Waals surface area contributed by atoms with Gasteiger partial charge in [0.25, 0.3) is 5.91 Å². The molecule has 5 atom stereocenters. The number of urea groups is 1. The molecule has 1 aromatic carbocycles. The first-order chi connectivity index (χ1) is 16.1. The van der Waals surface area contributed by atoms with Crippen molar-refractivity contribution in [3.8, 4) is 5.75 Å². The van der Waals surface area contributed by atoms with E-state index in [1.54, 1.807) is 0 Å². The van der Waals surface area contributed by atoms with Gasteiger partial charge in [0.05, 0.1) is 18.6 Å². The Kier molecular flexibility index (Phi) is 8.48. The smallest absolute Gasteiger partial charge is 0.481 e. The van der Waals surface area contributed by atoms with Crippen LogP contribution in [0, 0.1) is 0 Å². The van der Waals surface area contributed by atoms with E-state index in [1.165, 1.54) is 0 Å². The molecule has 0 saturated heterocycles. The normalized spacial score (nSPS) is 25.1. The van der Waals surface area contributed by atoms with Crippen LogP contribution in [0.1, 0.15) is 19.3 Å². The van der Waals surface area contributed by atoms with Gasteiger partial charge < -0.3 is 46.8 Å². The maximum Gasteiger partial charge on any atom is 0.573 e. The number of hydrogen-bond acceptors (Lipinski definition) is 8. The Morgan fingerprint density at radius 3 is 2.26 bits per heavy atom. The first-order valence-corrected chi connectivity index (χ1v) is 9.93. The van der Waals surface area contributed by atoms with Gasteiger partial charge in [-0.3, -0.25) is 14.4 Å². The number of rotatable bonds is 8. The predicted octanol–water partition coefficient (Wildman–Crippen LogP) is -1.23. The van der Waals surface area contributed by atoms with Gasteiger partial charge in [0.15, 0.2) is 0 Å². The summed E-state index contributed by atoms with van der Waals surface area (Å²) >= 11 is 0. The molecular weight excluding hydrogens is 485 g/mol. The summed E-state index contributed by atoms with van der Waals surface area (Å²) in [6.07, 6.45) is -10.5. The number of alkyl halides is 3. The largest absolute Gasteiger partial charge is 0.573 e. The molecule has 0 unspecified atom stereocenters. The number of halogens is 3. The Morgan fingerprint density at radius 1 is 1.14 bits per heavy atom. The van der Waals surface area contributed by atoms with Crippen molar-refractivity contribution in [3.63, 3.8) is 0 Å². The minimum Gasteiger partial charge on any atom is -0.481 e. The molecule has 0 aromatic heterocycles. The number of carboxylic acids is 1. The molecule has 1 aromatic rings. The van der Waals surface area contributed by atoms with Crippen molar-refractivity contribution in [2.24, 2.45) is 5.73 Å². The van der Waals surface area contributed by atoms with E-state index in [9.17, 15) is 47.7 Å². The summed E-state index contributed by atoms with van der Waals surface area (Å²) in [6, 6.07) is -0.0568. The Labute approximate surface area is 195 Å². The SMILES string of the molecule is NC(=O)[C@@H](CC(=O)O)NC(=O)[C@@]1(O)C[C@@H](O)[C@H](O)[C@@H](NC(=O)Nc2ccc(OC(F)(F)F)cc2)C1. The Bertz CT molecular complexity index is 960. The van der Waals surface area contributed by atoms with E-state index < -0.39 is 85.1 Å². The van der Waals surface area contributed by atoms with Gasteiger partial charge in [-0.25, -0.2) is 4.79 Å². The van der Waals surface area contributed by atoms with E-state index in [0.29, 0.717) is 0 Å². The number of amides is 4. The molecule has 194 valence electrons. The molecule has 0 radical (unpaired) electrons. The van der Waals surface area contributed by atoms with Crippen molar-refractivity contribution in [1.29, 1.82) is 0 Å². The first-order valence-electron chi connectivity index (χ1n) is 9.93. The number of aliphatic carboxylic acids is 1. The fourth-order valence-electron chi connectivity index (χ4n) is 3.39. The molecule has 2 rings (SSSR count). The van der Waals surface area contributed by atoms with Gasteiger partial charge in [0.1, 0.15) is 23.5 Å². The number of anilines is 1. The number of aliphatic hydroxyl groups excluding tert-OH is 2. The molecule has 35 heavy (non-hydrogen) atoms. The second kappa shape index (κ2) is 10.7. The van der Waals surface area contributed by atoms with E-state index >= 15 is 0 Å². The molecule has 1 fully saturated rings. The fraction of sp³-hybridized carbons (Fsp3) is 0.474. The number of aliphatic hydroxyl groups is 3. The van der Waals surface area contributed by atoms with Gasteiger partial charge in [0.2, 0.25) is 5.91 Å². The number of carboxylic acid groups (broad SMARTS) is 1. The number of benzene rings is 1. The van der Waals surface area contributed by atoms with Crippen molar-refractivity contribution >= 4 is 29.5 Å². The standard InChI is InChI=1S/C19H23F3N4O9/c20-19(21,22)35-9-3-1-8(2-4-9)24-17(33)26-11-6-18(34,7-12(27)14(11)30)16(32)25-10(15(23)31)5-13(28)29/h1-4,10-12,14,27,30,34H,5-7H2,(H2,23,31)(H,25,32)(H,28,29)(H2,24,26,33)/t10-,11+,12-,14-,18+/m1/s1. The van der Waals surface area contributed by atoms with Crippen LogP contribution in [0.4, 0.5) is 23.7 Å². The molecule has 0 aliphatic heterocycles. The zero-order valence-electron chi connectivity index (χ0n) is 17.8. The number of nitrogens with one attached hydrogen (secondary N) is 3. The molecule has 1 aliphatic rings. The summed E-state index contributed by atoms with van der Waals surface area (Å²) in [4.78, 5) is 47.1. The van der Waals surface area contributed by atoms with Gasteiger partial charge in [0, 0.05) is 18.5 Å². The fourth-order valence-corrected chi connectivity index (χ4v) is 3.39. The van der Waals surface area contributed by atoms with E-state index in [2.05, 4.69) is 15.4 Å². The van der Waals surface area contributed by atoms with Crippen LogP contribution >= 0.6 is 0 Å². The van der Waals surface area contributed by atoms with Crippen molar-refractivity contribution in [2.75, 3.05) is 5.32 Å². The molecule has 13 nitrogen and oxygen atoms in total. The highest BCUT2D eigenvalue weighted by molar-refractivity contribution is 5.93. The second-order valence-corrected chi connectivity index (χ2v) is 7.80. The van der Waals surface area contributed by atoms with E-state index in [0.717, 1.165) is 24.3 Å². The molecule has 9 N–H and O–H groups in total. The highest BCUT2D eigenvalue weighted by atomic mass is 19.4. The third-order valence-corrected chi connectivity index (χ3v) is 5.02. The summed E-state index contributed by atoms with van der Waals surface area (Å²) in [5.41, 5.74) is 2.64. The lowest BCUT2D eigenvalue weighted by molar-refractivity contribution is -0.274. The van der Waals surface area contributed by atoms with E-state index in [4.69, 9.17) is 10.8 Å². The number of carbonyl (C=O) groups is 4. The lowest BCUT2D eigenvalue weighted by Gasteiger charge is -2.41. The number of hydrogen-bond donors (Lipinski definition) is 8. The van der Waals surface area contributed by atoms with Gasteiger partial charge in [-0.2, -0.15) is 0 Å². The Balaban J connectivity index is 2.06. The monoisotopic (exact) mass is 508 g/mol. The van der Waals surface area contributed by atoms with E-state index in [1.807, 2.05) is 5.32 Å². The zero-order chi connectivity index (χ0) is 26.6. The van der Waals surface area contributed by atoms with Crippen LogP contribution < -0.4 is 26.4 Å². The van der Waals surface area contributed by atoms with Crippen LogP contribution in [0.25, 0.3) is 0 Å². The average Bonchev–Trinajstić information content (AvgIpc) is 2.71. The molecule has 0 spiro atoms. The third kappa shape index (κ3) is 7.97. The van der Waals surface area contributed by atoms with Crippen molar-refractivity contribution in [2.45, 2.75) is 55.5 Å². The van der Waals surface area contributed by atoms with Crippen molar-refractivity contribution < 1.29 is 57.5 Å². The van der Waals surface area contributed by atoms with Crippen LogP contribution in [0.5, 0.6) is 5.75 Å². The topological polar surface area (TPSA) is 221 Å². The summed E-state index contributed by atoms with van der Waals surface area (Å²) in [6.45, 7) is 0. The van der Waals surface area contributed by atoms with Crippen LogP contribution in [0.3, 0.4) is 0 Å². The minimum atomic E-state index is -4.90. The van der Waals surface area contributed by atoms with Gasteiger partial charge in [-0.15, -0.1) is 13.2 Å². The van der Waals surface area contributed by atoms with Gasteiger partial charge in [-0.05, 0) is 24.3 Å². The lowest BCUT2D eigenvalue weighted by atomic mass is 9.77. The van der Waals surface area contributed by atoms with E-state index in [-0.39, 0.29) is 5.69 Å². The maximum atomic E-state index is 12.5. The van der Waals surface area contributed by atoms with Gasteiger partial charge in [-0.1, -0.05) is 0 Å². The molecule has 4 amide bonds. The highest BCUT2D eigenvalue weighted by Crippen LogP contribution is 2.30. The number of carbonyl (C=O) groups excluding carboxylic acids is 3. The summed E-state index contributed by atoms with van der Waals surface area (Å²) < 4.78 is 40.4. The molecule has 16 heteroatoms. The van der Waals surface area contributed by atoms with Crippen LogP contribution in [0.15, 0.2) is 24.3 Å². The van der Waals surface area contributed by atoms with Crippen molar-refractivity contribution in [1.82, 2.24) is 10.6 Å². The second-order valence-electron chi connectivity index (χ2n) is 7.80. The van der Waals surface area contributed by atoms with Crippen molar-refractivity contribution in [3.05, 3.63) is 24.3 Å².